The van der Waals surface area contributed by atoms with Gasteiger partial charge in [0, 0.05) is 18.6 Å². The second-order valence-corrected chi connectivity index (χ2v) is 4.15. The molecule has 1 saturated heterocycles. The third-order valence-electron chi connectivity index (χ3n) is 2.60. The van der Waals surface area contributed by atoms with Gasteiger partial charge in [-0.3, -0.25) is 4.90 Å². The first kappa shape index (κ1) is 10.0. The molecule has 1 N–H and O–H groups in total. The molecule has 0 radical (unpaired) electrons. The lowest BCUT2D eigenvalue weighted by atomic mass is 10.1. The Kier molecular flexibility index (Phi) is 4.02. The van der Waals surface area contributed by atoms with Gasteiger partial charge >= 0.3 is 0 Å². The Morgan fingerprint density at radius 1 is 1.33 bits per heavy atom. The van der Waals surface area contributed by atoms with E-state index in [-0.39, 0.29) is 0 Å². The Morgan fingerprint density at radius 3 is 2.75 bits per heavy atom. The quantitative estimate of drug-likeness (QED) is 0.641. The molecular weight excluding hydrogens is 148 g/mol. The number of nitrogens with one attached hydrogen (secondary N) is 1. The van der Waals surface area contributed by atoms with Crippen LogP contribution in [-0.4, -0.2) is 36.6 Å². The fourth-order valence-corrected chi connectivity index (χ4v) is 1.76. The molecule has 0 amide bonds. The highest BCUT2D eigenvalue weighted by Gasteiger charge is 2.14. The van der Waals surface area contributed by atoms with E-state index in [0.29, 0.717) is 12.1 Å². The molecule has 1 heterocycles. The summed E-state index contributed by atoms with van der Waals surface area (Å²) < 4.78 is 0. The van der Waals surface area contributed by atoms with E-state index in [4.69, 9.17) is 0 Å². The summed E-state index contributed by atoms with van der Waals surface area (Å²) in [5, 5.41) is 3.53. The van der Waals surface area contributed by atoms with Crippen LogP contribution < -0.4 is 5.32 Å². The van der Waals surface area contributed by atoms with Gasteiger partial charge < -0.3 is 5.32 Å². The largest absolute Gasteiger partial charge is 0.313 e. The van der Waals surface area contributed by atoms with Gasteiger partial charge in [-0.1, -0.05) is 0 Å². The second-order valence-electron chi connectivity index (χ2n) is 4.15. The Balaban J connectivity index is 2.38. The Bertz CT molecular complexity index is 123. The van der Waals surface area contributed by atoms with Gasteiger partial charge in [-0.2, -0.15) is 0 Å². The fraction of sp³-hybridized carbons (Fsp3) is 1.00. The number of hydrogen-bond donors (Lipinski definition) is 1. The molecule has 0 aromatic heterocycles. The summed E-state index contributed by atoms with van der Waals surface area (Å²) in [4.78, 5) is 2.57. The van der Waals surface area contributed by atoms with Crippen LogP contribution in [0.5, 0.6) is 0 Å². The van der Waals surface area contributed by atoms with Crippen molar-refractivity contribution in [2.75, 3.05) is 19.6 Å². The summed E-state index contributed by atoms with van der Waals surface area (Å²) in [5.41, 5.74) is 0. The summed E-state index contributed by atoms with van der Waals surface area (Å²) in [6.45, 7) is 10.5. The van der Waals surface area contributed by atoms with Crippen molar-refractivity contribution in [2.24, 2.45) is 0 Å². The molecule has 72 valence electrons. The van der Waals surface area contributed by atoms with E-state index in [1.807, 2.05) is 0 Å². The van der Waals surface area contributed by atoms with Crippen LogP contribution in [-0.2, 0) is 0 Å². The molecule has 1 aliphatic heterocycles. The standard InChI is InChI=1S/C10H22N2/c1-9(2)12-7-5-4-6-11-10(3)8-12/h9-11H,4-8H2,1-3H3. The molecule has 2 heteroatoms. The first-order valence-electron chi connectivity index (χ1n) is 5.17. The van der Waals surface area contributed by atoms with Crippen molar-refractivity contribution in [3.8, 4) is 0 Å². The minimum atomic E-state index is 0.660. The maximum absolute atomic E-state index is 3.53. The zero-order valence-corrected chi connectivity index (χ0v) is 8.64. The molecule has 1 aliphatic rings. The van der Waals surface area contributed by atoms with Crippen molar-refractivity contribution in [3.63, 3.8) is 0 Å². The average Bonchev–Trinajstić information content (AvgIpc) is 1.95. The predicted molar refractivity (Wildman–Crippen MR) is 53.4 cm³/mol. The average molecular weight is 170 g/mol. The minimum absolute atomic E-state index is 0.660. The van der Waals surface area contributed by atoms with Crippen LogP contribution in [0, 0.1) is 0 Å². The van der Waals surface area contributed by atoms with Crippen molar-refractivity contribution in [2.45, 2.75) is 45.7 Å². The van der Waals surface area contributed by atoms with E-state index in [2.05, 4.69) is 31.0 Å². The van der Waals surface area contributed by atoms with Gasteiger partial charge in [0.05, 0.1) is 0 Å². The molecule has 0 aromatic carbocycles. The van der Waals surface area contributed by atoms with E-state index >= 15 is 0 Å². The Hall–Kier alpha value is -0.0800. The van der Waals surface area contributed by atoms with Crippen molar-refractivity contribution < 1.29 is 0 Å². The SMILES string of the molecule is CC1CN(C(C)C)CCCCN1. The zero-order valence-electron chi connectivity index (χ0n) is 8.64. The highest BCUT2D eigenvalue weighted by molar-refractivity contribution is 4.73. The molecule has 1 fully saturated rings. The second kappa shape index (κ2) is 4.83. The van der Waals surface area contributed by atoms with Gasteiger partial charge in [0.1, 0.15) is 0 Å². The topological polar surface area (TPSA) is 15.3 Å². The molecule has 2 nitrogen and oxygen atoms in total. The van der Waals surface area contributed by atoms with Gasteiger partial charge in [-0.05, 0) is 46.7 Å². The van der Waals surface area contributed by atoms with Gasteiger partial charge in [0.15, 0.2) is 0 Å². The van der Waals surface area contributed by atoms with Crippen LogP contribution in [0.25, 0.3) is 0 Å². The molecule has 12 heavy (non-hydrogen) atoms. The van der Waals surface area contributed by atoms with E-state index in [1.54, 1.807) is 0 Å². The highest BCUT2D eigenvalue weighted by Crippen LogP contribution is 2.05. The Labute approximate surface area is 76.3 Å². The van der Waals surface area contributed by atoms with Crippen LogP contribution in [0.4, 0.5) is 0 Å². The molecule has 0 bridgehead atoms. The monoisotopic (exact) mass is 170 g/mol. The van der Waals surface area contributed by atoms with Crippen molar-refractivity contribution in [1.82, 2.24) is 10.2 Å². The number of hydrogen-bond acceptors (Lipinski definition) is 2. The summed E-state index contributed by atoms with van der Waals surface area (Å²) in [6, 6.07) is 1.36. The first-order valence-corrected chi connectivity index (χ1v) is 5.17. The highest BCUT2D eigenvalue weighted by atomic mass is 15.2. The lowest BCUT2D eigenvalue weighted by molar-refractivity contribution is 0.186. The summed E-state index contributed by atoms with van der Waals surface area (Å²) >= 11 is 0. The van der Waals surface area contributed by atoms with Gasteiger partial charge in [-0.15, -0.1) is 0 Å². The van der Waals surface area contributed by atoms with E-state index in [0.717, 1.165) is 0 Å². The predicted octanol–water partition coefficient (Wildman–Crippen LogP) is 1.47. The van der Waals surface area contributed by atoms with E-state index < -0.39 is 0 Å². The summed E-state index contributed by atoms with van der Waals surface area (Å²) in [5.74, 6) is 0. The third kappa shape index (κ3) is 3.11. The lowest BCUT2D eigenvalue weighted by Crippen LogP contribution is -2.45. The molecule has 0 spiro atoms. The Morgan fingerprint density at radius 2 is 2.08 bits per heavy atom. The normalized spacial score (nSPS) is 28.5. The number of nitrogens with zero attached hydrogens (tertiary/aromatic N) is 1. The van der Waals surface area contributed by atoms with Crippen molar-refractivity contribution in [3.05, 3.63) is 0 Å². The molecule has 0 aliphatic carbocycles. The maximum Gasteiger partial charge on any atom is 0.0166 e. The van der Waals surface area contributed by atoms with Gasteiger partial charge in [0.25, 0.3) is 0 Å². The van der Waals surface area contributed by atoms with Gasteiger partial charge in [-0.25, -0.2) is 0 Å². The van der Waals surface area contributed by atoms with Gasteiger partial charge in [0.2, 0.25) is 0 Å². The zero-order chi connectivity index (χ0) is 8.97. The fourth-order valence-electron chi connectivity index (χ4n) is 1.76. The molecule has 1 unspecified atom stereocenters. The van der Waals surface area contributed by atoms with Crippen molar-refractivity contribution in [1.29, 1.82) is 0 Å². The van der Waals surface area contributed by atoms with Crippen LogP contribution in [0.3, 0.4) is 0 Å². The van der Waals surface area contributed by atoms with Crippen LogP contribution in [0.1, 0.15) is 33.6 Å². The molecule has 1 rings (SSSR count). The first-order chi connectivity index (χ1) is 5.70. The van der Waals surface area contributed by atoms with E-state index in [9.17, 15) is 0 Å². The van der Waals surface area contributed by atoms with Crippen LogP contribution >= 0.6 is 0 Å². The summed E-state index contributed by atoms with van der Waals surface area (Å²) in [6.07, 6.45) is 2.67. The molecule has 0 saturated carbocycles. The molecule has 1 atom stereocenters. The molecular formula is C10H22N2. The van der Waals surface area contributed by atoms with E-state index in [1.165, 1.54) is 32.5 Å². The van der Waals surface area contributed by atoms with Crippen LogP contribution in [0.15, 0.2) is 0 Å². The third-order valence-corrected chi connectivity index (χ3v) is 2.60. The minimum Gasteiger partial charge on any atom is -0.313 e. The maximum atomic E-state index is 3.53. The molecule has 0 aromatic rings. The van der Waals surface area contributed by atoms with Crippen molar-refractivity contribution >= 4 is 0 Å². The lowest BCUT2D eigenvalue weighted by Gasteiger charge is -2.31. The van der Waals surface area contributed by atoms with Crippen LogP contribution in [0.2, 0.25) is 0 Å². The summed E-state index contributed by atoms with van der Waals surface area (Å²) in [7, 11) is 0. The number of rotatable bonds is 1. The smallest absolute Gasteiger partial charge is 0.0166 e.